The molecule has 0 fully saturated rings. The smallest absolute Gasteiger partial charge is 0.266 e. The van der Waals surface area contributed by atoms with Crippen molar-refractivity contribution in [3.05, 3.63) is 155 Å². The fraction of sp³-hybridized carbons (Fsp3) is 0. The van der Waals surface area contributed by atoms with E-state index in [9.17, 15) is 38.1 Å². The second kappa shape index (κ2) is 12.7. The van der Waals surface area contributed by atoms with E-state index >= 15 is 0 Å². The summed E-state index contributed by atoms with van der Waals surface area (Å²) in [6, 6.07) is 34.2. The van der Waals surface area contributed by atoms with Gasteiger partial charge in [0.1, 0.15) is 12.1 Å². The maximum absolute atomic E-state index is 13.9. The summed E-state index contributed by atoms with van der Waals surface area (Å²) in [7, 11) is -4.42. The molecule has 0 atom stereocenters. The molecule has 4 amide bonds. The molecule has 4 N–H and O–H groups in total. The predicted octanol–water partition coefficient (Wildman–Crippen LogP) is 6.36. The lowest BCUT2D eigenvalue weighted by Gasteiger charge is -2.18. The Kier molecular flexibility index (Phi) is 7.88. The minimum atomic E-state index is -4.42. The summed E-state index contributed by atoms with van der Waals surface area (Å²) in [6.07, 6.45) is 0. The molecule has 2 aliphatic heterocycles. The molecule has 0 saturated heterocycles. The zero-order valence-corrected chi connectivity index (χ0v) is 29.2. The van der Waals surface area contributed by atoms with Crippen LogP contribution in [0.15, 0.2) is 131 Å². The summed E-state index contributed by atoms with van der Waals surface area (Å²) in [4.78, 5) is 55.1. The van der Waals surface area contributed by atoms with Crippen molar-refractivity contribution in [3.63, 3.8) is 0 Å². The lowest BCUT2D eigenvalue weighted by molar-refractivity contribution is 0.0910. The minimum absolute atomic E-state index is 0.0456. The first-order chi connectivity index (χ1) is 26.4. The highest BCUT2D eigenvalue weighted by Gasteiger charge is 2.40. The fourth-order valence-corrected chi connectivity index (χ4v) is 8.03. The number of anilines is 4. The van der Waals surface area contributed by atoms with E-state index in [-0.39, 0.29) is 38.5 Å². The van der Waals surface area contributed by atoms with Crippen LogP contribution in [0.5, 0.6) is 0 Å². The van der Waals surface area contributed by atoms with Crippen LogP contribution < -0.4 is 21.3 Å². The summed E-state index contributed by atoms with van der Waals surface area (Å²) in [5.74, 6) is -2.73. The van der Waals surface area contributed by atoms with Crippen molar-refractivity contribution in [3.8, 4) is 34.4 Å². The van der Waals surface area contributed by atoms with Crippen molar-refractivity contribution in [2.45, 2.75) is 9.79 Å². The van der Waals surface area contributed by atoms with Crippen LogP contribution in [0.1, 0.15) is 52.6 Å². The number of sulfone groups is 1. The van der Waals surface area contributed by atoms with E-state index < -0.39 is 49.5 Å². The number of rotatable bonds is 6. The van der Waals surface area contributed by atoms with Gasteiger partial charge in [-0.05, 0) is 107 Å². The molecule has 6 aromatic carbocycles. The van der Waals surface area contributed by atoms with Gasteiger partial charge < -0.3 is 11.5 Å². The zero-order chi connectivity index (χ0) is 38.8. The first kappa shape index (κ1) is 34.2. The van der Waals surface area contributed by atoms with Gasteiger partial charge in [0.25, 0.3) is 23.6 Å². The third kappa shape index (κ3) is 5.47. The van der Waals surface area contributed by atoms with Gasteiger partial charge in [-0.3, -0.25) is 19.2 Å². The number of carbonyl (C=O) groups excluding carboxylic acids is 4. The number of benzene rings is 6. The number of hydrogen-bond acceptors (Lipinski definition) is 10. The van der Waals surface area contributed by atoms with Crippen LogP contribution in [-0.4, -0.2) is 32.0 Å². The Morgan fingerprint density at radius 3 is 1.31 bits per heavy atom. The summed E-state index contributed by atoms with van der Waals surface area (Å²) >= 11 is 0. The first-order valence-corrected chi connectivity index (χ1v) is 18.0. The SMILES string of the molecule is N#Cc1cc(S(=O)(=O)c2ccc(N3C(=O)c4ccc(-c5ccc(N)cc5)cc4C3=O)cc2)cc(C#N)c1N1C(=O)c2ccc(-c3ccc(N)cc3)cc2C1=O. The van der Waals surface area contributed by atoms with Gasteiger partial charge in [-0.25, -0.2) is 18.2 Å². The molecule has 8 rings (SSSR count). The van der Waals surface area contributed by atoms with Crippen LogP contribution in [0.2, 0.25) is 0 Å². The lowest BCUT2D eigenvalue weighted by Crippen LogP contribution is -2.31. The molecule has 6 aromatic rings. The quantitative estimate of drug-likeness (QED) is 0.143. The Hall–Kier alpha value is -7.87. The molecule has 55 heavy (non-hydrogen) atoms. The van der Waals surface area contributed by atoms with E-state index in [2.05, 4.69) is 0 Å². The number of amides is 4. The molecule has 2 heterocycles. The Morgan fingerprint density at radius 2 is 0.855 bits per heavy atom. The number of hydrogen-bond donors (Lipinski definition) is 2. The molecular formula is C42H24N6O6S. The third-order valence-corrected chi connectivity index (χ3v) is 11.3. The van der Waals surface area contributed by atoms with Gasteiger partial charge in [-0.1, -0.05) is 36.4 Å². The summed E-state index contributed by atoms with van der Waals surface area (Å²) in [5, 5.41) is 20.3. The van der Waals surface area contributed by atoms with Crippen LogP contribution in [0.25, 0.3) is 22.3 Å². The Bertz CT molecular complexity index is 2860. The highest BCUT2D eigenvalue weighted by atomic mass is 32.2. The standard InChI is InChI=1S/C42H24N6O6S/c43-21-27-17-33(18-28(22-44)38(27)48-40(50)35-16-6-26(20-37(35)42(48)52)24-3-9-30(46)10-4-24)55(53,54)32-13-11-31(12-14-32)47-39(49)34-15-5-25(19-36(34)41(47)51)23-1-7-29(45)8-2-23/h1-20H,45-46H2. The van der Waals surface area contributed by atoms with Crippen molar-refractivity contribution in [1.82, 2.24) is 0 Å². The highest BCUT2D eigenvalue weighted by molar-refractivity contribution is 7.91. The maximum atomic E-state index is 13.9. The summed E-state index contributed by atoms with van der Waals surface area (Å²) in [5.41, 5.74) is 15.0. The molecule has 0 unspecified atom stereocenters. The summed E-state index contributed by atoms with van der Waals surface area (Å²) < 4.78 is 27.8. The van der Waals surface area contributed by atoms with E-state index in [4.69, 9.17) is 11.5 Å². The van der Waals surface area contributed by atoms with Crippen LogP contribution in [0, 0.1) is 22.7 Å². The van der Waals surface area contributed by atoms with Crippen LogP contribution in [0.4, 0.5) is 22.7 Å². The second-order valence-corrected chi connectivity index (χ2v) is 14.7. The molecule has 13 heteroatoms. The number of nitrogen functional groups attached to an aromatic ring is 2. The van der Waals surface area contributed by atoms with E-state index in [0.29, 0.717) is 27.4 Å². The van der Waals surface area contributed by atoms with Gasteiger partial charge in [0.05, 0.1) is 54.5 Å². The van der Waals surface area contributed by atoms with Crippen molar-refractivity contribution >= 4 is 56.2 Å². The molecule has 0 spiro atoms. The Balaban J connectivity index is 1.09. The van der Waals surface area contributed by atoms with Crippen molar-refractivity contribution < 1.29 is 27.6 Å². The normalized spacial score (nSPS) is 13.4. The second-order valence-electron chi connectivity index (χ2n) is 12.7. The number of fused-ring (bicyclic) bond motifs is 2. The summed E-state index contributed by atoms with van der Waals surface area (Å²) in [6.45, 7) is 0. The molecule has 0 aliphatic carbocycles. The largest absolute Gasteiger partial charge is 0.399 e. The lowest BCUT2D eigenvalue weighted by atomic mass is 10.00. The average Bonchev–Trinajstić information content (AvgIpc) is 3.60. The number of carbonyl (C=O) groups is 4. The van der Waals surface area contributed by atoms with Gasteiger partial charge in [-0.2, -0.15) is 10.5 Å². The molecule has 0 saturated carbocycles. The number of nitrogens with zero attached hydrogens (tertiary/aromatic N) is 4. The molecule has 2 aliphatic rings. The Labute approximate surface area is 313 Å². The van der Waals surface area contributed by atoms with E-state index in [1.54, 1.807) is 72.8 Å². The van der Waals surface area contributed by atoms with Gasteiger partial charge >= 0.3 is 0 Å². The molecule has 0 bridgehead atoms. The molecule has 12 nitrogen and oxygen atoms in total. The van der Waals surface area contributed by atoms with Gasteiger partial charge in [0, 0.05) is 11.4 Å². The monoisotopic (exact) mass is 740 g/mol. The predicted molar refractivity (Wildman–Crippen MR) is 203 cm³/mol. The van der Waals surface area contributed by atoms with E-state index in [1.165, 1.54) is 36.4 Å². The van der Waals surface area contributed by atoms with Gasteiger partial charge in [0.2, 0.25) is 9.84 Å². The van der Waals surface area contributed by atoms with Crippen LogP contribution >= 0.6 is 0 Å². The van der Waals surface area contributed by atoms with Crippen molar-refractivity contribution in [2.75, 3.05) is 21.3 Å². The van der Waals surface area contributed by atoms with Crippen LogP contribution in [-0.2, 0) is 9.84 Å². The molecule has 0 aromatic heterocycles. The zero-order valence-electron chi connectivity index (χ0n) is 28.3. The van der Waals surface area contributed by atoms with Gasteiger partial charge in [0.15, 0.2) is 0 Å². The fourth-order valence-electron chi connectivity index (χ4n) is 6.71. The number of imide groups is 2. The highest BCUT2D eigenvalue weighted by Crippen LogP contribution is 2.38. The third-order valence-electron chi connectivity index (χ3n) is 9.52. The minimum Gasteiger partial charge on any atom is -0.399 e. The molecule has 264 valence electrons. The first-order valence-electron chi connectivity index (χ1n) is 16.5. The maximum Gasteiger partial charge on any atom is 0.266 e. The Morgan fingerprint density at radius 1 is 0.455 bits per heavy atom. The van der Waals surface area contributed by atoms with E-state index in [0.717, 1.165) is 28.2 Å². The van der Waals surface area contributed by atoms with Gasteiger partial charge in [-0.15, -0.1) is 0 Å². The molecule has 0 radical (unpaired) electrons. The molecular weight excluding hydrogens is 717 g/mol. The van der Waals surface area contributed by atoms with E-state index in [1.807, 2.05) is 12.1 Å². The topological polar surface area (TPSA) is 209 Å². The van der Waals surface area contributed by atoms with Crippen molar-refractivity contribution in [2.24, 2.45) is 0 Å². The van der Waals surface area contributed by atoms with Crippen LogP contribution in [0.3, 0.4) is 0 Å². The average molecular weight is 741 g/mol. The number of nitriles is 2. The van der Waals surface area contributed by atoms with Crippen molar-refractivity contribution in [1.29, 1.82) is 10.5 Å². The number of nitrogens with two attached hydrogens (primary N) is 2.